The summed E-state index contributed by atoms with van der Waals surface area (Å²) in [6, 6.07) is 14.6. The molecule has 5 aliphatic rings. The molecular formula is C56H89N11O8. The molecule has 8 amide bonds. The van der Waals surface area contributed by atoms with Gasteiger partial charge in [0.15, 0.2) is 0 Å². The van der Waals surface area contributed by atoms with Crippen LogP contribution in [0.15, 0.2) is 48.5 Å². The first-order chi connectivity index (χ1) is 35.7. The molecule has 0 bridgehead atoms. The number of amides is 8. The van der Waals surface area contributed by atoms with Gasteiger partial charge in [0.2, 0.25) is 47.8 Å². The number of likely N-dealkylation sites (tertiary alicyclic amines) is 1. The quantitative estimate of drug-likeness (QED) is 0.120. The number of nitrogens with one attached hydrogen (secondary N) is 7. The molecule has 2 aromatic rings. The third kappa shape index (κ3) is 19.6. The van der Waals surface area contributed by atoms with Crippen molar-refractivity contribution >= 4 is 47.8 Å². The summed E-state index contributed by atoms with van der Waals surface area (Å²) >= 11 is 0. The minimum absolute atomic E-state index is 0.0200. The van der Waals surface area contributed by atoms with Crippen LogP contribution in [0.3, 0.4) is 0 Å². The molecule has 1 saturated carbocycles. The molecule has 7 unspecified atom stereocenters. The number of carbonyl (C=O) groups is 8. The smallest absolute Gasteiger partial charge is 0.246 e. The molecule has 2 heterocycles. The van der Waals surface area contributed by atoms with Crippen molar-refractivity contribution in [3.63, 3.8) is 0 Å². The molecule has 2 aromatic carbocycles. The van der Waals surface area contributed by atoms with Crippen molar-refractivity contribution in [2.24, 2.45) is 28.9 Å². The van der Waals surface area contributed by atoms with Gasteiger partial charge in [-0.25, -0.2) is 0 Å². The highest BCUT2D eigenvalue weighted by molar-refractivity contribution is 5.93. The van der Waals surface area contributed by atoms with Crippen molar-refractivity contribution in [1.82, 2.24) is 52.1 Å². The molecule has 19 nitrogen and oxygen atoms in total. The van der Waals surface area contributed by atoms with Crippen LogP contribution in [-0.4, -0.2) is 140 Å². The van der Waals surface area contributed by atoms with Gasteiger partial charge in [0.05, 0.1) is 31.8 Å². The minimum atomic E-state index is -0.946. The van der Waals surface area contributed by atoms with Crippen molar-refractivity contribution in [2.45, 2.75) is 156 Å². The zero-order chi connectivity index (χ0) is 55.2. The molecule has 9 N–H and O–H groups in total. The Morgan fingerprint density at radius 3 is 1.95 bits per heavy atom. The van der Waals surface area contributed by atoms with E-state index in [1.165, 1.54) is 48.1 Å². The molecule has 0 spiro atoms. The van der Waals surface area contributed by atoms with Crippen molar-refractivity contribution in [1.29, 1.82) is 0 Å². The van der Waals surface area contributed by atoms with Gasteiger partial charge in [-0.15, -0.1) is 0 Å². The van der Waals surface area contributed by atoms with Crippen molar-refractivity contribution in [2.75, 3.05) is 53.5 Å². The first-order valence-corrected chi connectivity index (χ1v) is 27.1. The zero-order valence-corrected chi connectivity index (χ0v) is 46.2. The number of primary amides is 1. The van der Waals surface area contributed by atoms with Crippen LogP contribution in [0.1, 0.15) is 135 Å². The average Bonchev–Trinajstić information content (AvgIpc) is 4.05. The Labute approximate surface area is 445 Å². The van der Waals surface area contributed by atoms with Gasteiger partial charge >= 0.3 is 0 Å². The number of fused-ring (bicyclic) bond motifs is 2. The van der Waals surface area contributed by atoms with Gasteiger partial charge in [0, 0.05) is 37.5 Å². The first-order valence-electron chi connectivity index (χ1n) is 27.1. The Balaban J connectivity index is 0.000000357. The van der Waals surface area contributed by atoms with Gasteiger partial charge in [-0.1, -0.05) is 96.5 Å². The molecule has 75 heavy (non-hydrogen) atoms. The van der Waals surface area contributed by atoms with Gasteiger partial charge in [0.25, 0.3) is 0 Å². The van der Waals surface area contributed by atoms with E-state index in [4.69, 9.17) is 5.73 Å². The van der Waals surface area contributed by atoms with Crippen LogP contribution in [0.25, 0.3) is 0 Å². The standard InChI is InChI=1S/C31H54N10O7.C11H13NO.C10H12.C4H10/c1-18(34-6)27(45)35-15-24(43)39-10-11-40(17-39)38-29(47)20-9-7-8-19(12-20)28(46)36-21-13-22(26(32)44)41(16-21)30(48)25(31(2,3)4)37-23(42)14-33-5;13-8-12-11-7-3-5-9-4-1-2-6-10(9)11;1-2-6-10-8-4-3-7-9(10)5-1;1-4(2)3/h18-22,25,33-34H,7-17H2,1-6H3,(H2,32,44)(H,35,45)(H,36,46)(H,37,42)(H,38,47);1-2,4,6,8,11H,3,5,7H2,(H,12,13);1-2,5-6H,3-4,7-8H2;4H,1-3H3. The number of rotatable bonds is 15. The number of hydrazine groups is 1. The number of hydrogen-bond acceptors (Lipinski definition) is 11. The molecule has 416 valence electrons. The molecule has 0 radical (unpaired) electrons. The van der Waals surface area contributed by atoms with E-state index in [1.807, 2.05) is 26.8 Å². The van der Waals surface area contributed by atoms with E-state index in [0.29, 0.717) is 38.8 Å². The second-order valence-electron chi connectivity index (χ2n) is 22.2. The van der Waals surface area contributed by atoms with Gasteiger partial charge in [0.1, 0.15) is 12.1 Å². The van der Waals surface area contributed by atoms with Crippen molar-refractivity contribution in [3.05, 3.63) is 70.8 Å². The van der Waals surface area contributed by atoms with E-state index in [2.05, 4.69) is 101 Å². The summed E-state index contributed by atoms with van der Waals surface area (Å²) in [5, 5.41) is 18.4. The van der Waals surface area contributed by atoms with Gasteiger partial charge in [-0.3, -0.25) is 43.8 Å². The highest BCUT2D eigenvalue weighted by atomic mass is 16.2. The average molecular weight is 1040 g/mol. The molecule has 2 saturated heterocycles. The third-order valence-electron chi connectivity index (χ3n) is 14.2. The Bertz CT molecular complexity index is 2190. The lowest BCUT2D eigenvalue weighted by molar-refractivity contribution is -0.143. The van der Waals surface area contributed by atoms with Crippen LogP contribution in [0.5, 0.6) is 0 Å². The van der Waals surface area contributed by atoms with E-state index in [0.717, 1.165) is 25.2 Å². The van der Waals surface area contributed by atoms with E-state index in [-0.39, 0.29) is 68.3 Å². The summed E-state index contributed by atoms with van der Waals surface area (Å²) in [4.78, 5) is 103. The highest BCUT2D eigenvalue weighted by Crippen LogP contribution is 2.32. The fourth-order valence-electron chi connectivity index (χ4n) is 10.0. The lowest BCUT2D eigenvalue weighted by atomic mass is 9.80. The molecule has 7 rings (SSSR count). The predicted octanol–water partition coefficient (Wildman–Crippen LogP) is 3.01. The van der Waals surface area contributed by atoms with Crippen LogP contribution < -0.4 is 43.1 Å². The van der Waals surface area contributed by atoms with Crippen LogP contribution >= 0.6 is 0 Å². The SMILES string of the molecule is CC(C)C.CNCC(=O)NC(C(=O)N1CC(NC(=O)C2CCCC(C(=O)NN3CCN(C(=O)CNC(=O)C(C)NC)C3)C2)CC1C(N)=O)C(C)(C)C.O=CNC1CCCc2ccccc21.c1ccc2c(c1)CCCC2. The second kappa shape index (κ2) is 30.6. The summed E-state index contributed by atoms with van der Waals surface area (Å²) in [6.07, 6.45) is 11.9. The number of benzene rings is 2. The molecular weight excluding hydrogens is 955 g/mol. The first kappa shape index (κ1) is 61.6. The van der Waals surface area contributed by atoms with Gasteiger partial charge < -0.3 is 47.4 Å². The number of nitrogens with two attached hydrogens (primary N) is 1. The molecule has 7 atom stereocenters. The Hall–Kier alpha value is -5.92. The van der Waals surface area contributed by atoms with Crippen LogP contribution in [0.2, 0.25) is 0 Å². The lowest BCUT2D eigenvalue weighted by Crippen LogP contribution is -2.58. The third-order valence-corrected chi connectivity index (χ3v) is 14.2. The highest BCUT2D eigenvalue weighted by Gasteiger charge is 2.45. The van der Waals surface area contributed by atoms with Crippen molar-refractivity contribution < 1.29 is 38.4 Å². The maximum atomic E-state index is 13.7. The van der Waals surface area contributed by atoms with E-state index in [1.54, 1.807) is 42.1 Å². The summed E-state index contributed by atoms with van der Waals surface area (Å²) in [5.41, 5.74) is 13.7. The van der Waals surface area contributed by atoms with E-state index in [9.17, 15) is 38.4 Å². The molecule has 2 aliphatic heterocycles. The molecule has 3 aliphatic carbocycles. The van der Waals surface area contributed by atoms with Crippen LogP contribution in [0.4, 0.5) is 0 Å². The maximum absolute atomic E-state index is 13.7. The summed E-state index contributed by atoms with van der Waals surface area (Å²) < 4.78 is 0. The minimum Gasteiger partial charge on any atom is -0.368 e. The largest absolute Gasteiger partial charge is 0.368 e. The zero-order valence-electron chi connectivity index (χ0n) is 46.2. The lowest BCUT2D eigenvalue weighted by Gasteiger charge is -2.35. The number of nitrogens with zero attached hydrogens (tertiary/aromatic N) is 3. The number of likely N-dealkylation sites (N-methyl/N-ethyl adjacent to an activating group) is 2. The van der Waals surface area contributed by atoms with Gasteiger partial charge in [-0.2, -0.15) is 5.01 Å². The Morgan fingerprint density at radius 2 is 1.36 bits per heavy atom. The van der Waals surface area contributed by atoms with Crippen molar-refractivity contribution in [3.8, 4) is 0 Å². The monoisotopic (exact) mass is 1040 g/mol. The number of aryl methyl sites for hydroxylation is 3. The predicted molar refractivity (Wildman–Crippen MR) is 290 cm³/mol. The maximum Gasteiger partial charge on any atom is 0.246 e. The summed E-state index contributed by atoms with van der Waals surface area (Å²) in [6.45, 7) is 14.6. The van der Waals surface area contributed by atoms with E-state index >= 15 is 0 Å². The summed E-state index contributed by atoms with van der Waals surface area (Å²) in [5.74, 6) is -2.53. The van der Waals surface area contributed by atoms with E-state index < -0.39 is 53.2 Å². The molecule has 3 fully saturated rings. The number of hydrogen-bond donors (Lipinski definition) is 8. The Kier molecular flexibility index (Phi) is 25.1. The second-order valence-corrected chi connectivity index (χ2v) is 22.2. The topological polar surface area (TPSA) is 257 Å². The fraction of sp³-hybridized carbons (Fsp3) is 0.643. The normalized spacial score (nSPS) is 21.8. The number of carbonyl (C=O) groups excluding carboxylic acids is 8. The van der Waals surface area contributed by atoms with Crippen LogP contribution in [0, 0.1) is 23.2 Å². The molecule has 19 heteroatoms. The van der Waals surface area contributed by atoms with Crippen LogP contribution in [-0.2, 0) is 57.6 Å². The fourth-order valence-corrected chi connectivity index (χ4v) is 10.0. The molecule has 0 aromatic heterocycles. The summed E-state index contributed by atoms with van der Waals surface area (Å²) in [7, 11) is 3.27. The van der Waals surface area contributed by atoms with Gasteiger partial charge in [-0.05, 0) is 125 Å². The Morgan fingerprint density at radius 1 is 0.760 bits per heavy atom.